The molecule has 0 fully saturated rings. The first-order chi connectivity index (χ1) is 38.8. The summed E-state index contributed by atoms with van der Waals surface area (Å²) in [7, 11) is 0. The molecule has 504 valence electrons. The number of rotatable bonds is 35. The zero-order chi connectivity index (χ0) is 68.1. The van der Waals surface area contributed by atoms with E-state index in [2.05, 4.69) is 0 Å². The molecule has 35 N–H and O–H groups in total. The molecule has 0 saturated carbocycles. The number of aliphatic hydroxyl groups is 35. The third-order valence-corrected chi connectivity index (χ3v) is 9.94. The molecule has 84 heavy (non-hydrogen) atoms. The van der Waals surface area contributed by atoms with Gasteiger partial charge in [-0.05, 0) is 0 Å². The van der Waals surface area contributed by atoms with Gasteiger partial charge < -0.3 is 212 Å². The van der Waals surface area contributed by atoms with Crippen LogP contribution in [0.3, 0.4) is 0 Å². The van der Waals surface area contributed by atoms with Gasteiger partial charge in [-0.25, -0.2) is 0 Å². The van der Waals surface area contributed by atoms with E-state index in [1.165, 1.54) is 0 Å². The van der Waals surface area contributed by atoms with E-state index < -0.39 is 217 Å². The smallest absolute Gasteiger partial charge is 0.151 e. The van der Waals surface area contributed by atoms with Crippen LogP contribution in [0, 0.1) is 0 Å². The maximum absolute atomic E-state index is 9.90. The lowest BCUT2D eigenvalue weighted by molar-refractivity contribution is -0.136. The highest BCUT2D eigenvalue weighted by atomic mass is 16.4. The number of hydrogen-bond acceptors (Lipinski definition) is 42. The third-order valence-electron chi connectivity index (χ3n) is 9.94. The van der Waals surface area contributed by atoms with E-state index in [0.29, 0.717) is 0 Å². The second-order valence-electron chi connectivity index (χ2n) is 16.5. The lowest BCUT2D eigenvalue weighted by Gasteiger charge is -2.22. The Morgan fingerprint density at radius 1 is 0.155 bits per heavy atom. The average Bonchev–Trinajstić information content (AvgIpc) is 3.53. The number of aliphatic hydroxyl groups excluding tert-OH is 35. The normalized spacial score (nSPS) is 21.1. The van der Waals surface area contributed by atoms with E-state index in [1.54, 1.807) is 0 Å². The fourth-order valence-corrected chi connectivity index (χ4v) is 4.33. The third kappa shape index (κ3) is 39.9. The van der Waals surface area contributed by atoms with Gasteiger partial charge in [-0.15, -0.1) is 0 Å². The van der Waals surface area contributed by atoms with E-state index in [-0.39, 0.29) is 44.0 Å². The minimum atomic E-state index is -1.79. The number of carbonyl (C=O) groups excluding carboxylic acids is 7. The fraction of sp³-hybridized carbons (Fsp3) is 0.833. The van der Waals surface area contributed by atoms with E-state index in [4.69, 9.17) is 179 Å². The van der Waals surface area contributed by atoms with Crippen LogP contribution in [0.1, 0.15) is 0 Å². The highest BCUT2D eigenvalue weighted by Crippen LogP contribution is 2.08. The Morgan fingerprint density at radius 3 is 0.274 bits per heavy atom. The lowest BCUT2D eigenvalue weighted by atomic mass is 10.0. The first kappa shape index (κ1) is 94.0. The topological polar surface area (TPSA) is 828 Å². The Bertz CT molecular complexity index is 1280. The van der Waals surface area contributed by atoms with E-state index in [9.17, 15) is 33.6 Å². The van der Waals surface area contributed by atoms with Crippen LogP contribution >= 0.6 is 0 Å². The van der Waals surface area contributed by atoms with E-state index in [1.807, 2.05) is 0 Å². The van der Waals surface area contributed by atoms with Gasteiger partial charge in [0.05, 0.1) is 46.2 Å². The van der Waals surface area contributed by atoms with Gasteiger partial charge in [-0.3, -0.25) is 0 Å². The molecule has 0 radical (unpaired) electrons. The molecule has 0 bridgehead atoms. The van der Waals surface area contributed by atoms with Crippen LogP contribution in [-0.2, 0) is 33.6 Å². The second-order valence-corrected chi connectivity index (χ2v) is 16.5. The van der Waals surface area contributed by atoms with Crippen molar-refractivity contribution in [1.82, 2.24) is 0 Å². The lowest BCUT2D eigenvalue weighted by Crippen LogP contribution is -2.46. The summed E-state index contributed by atoms with van der Waals surface area (Å²) < 4.78 is 0. The molecule has 28 atom stereocenters. The van der Waals surface area contributed by atoms with Crippen molar-refractivity contribution < 1.29 is 212 Å². The molecule has 0 spiro atoms. The minimum absolute atomic E-state index is 0.0258. The number of aldehydes is 7. The Hall–Kier alpha value is -3.71. The molecule has 0 saturated heterocycles. The zero-order valence-corrected chi connectivity index (χ0v) is 43.7. The summed E-state index contributed by atoms with van der Waals surface area (Å²) in [5, 5.41) is 305. The standard InChI is InChI=1S/7C6H12O6/c7*7-1-3(9)5(11)6(12)4(10)2-8/h7*1,3-6,8-12H,2H2. The predicted octanol–water partition coefficient (Wildman–Crippen LogP) is -23.7. The van der Waals surface area contributed by atoms with Crippen molar-refractivity contribution in [2.24, 2.45) is 0 Å². The van der Waals surface area contributed by atoms with Gasteiger partial charge in [-0.1, -0.05) is 0 Å². The van der Waals surface area contributed by atoms with Gasteiger partial charge in [-0.2, -0.15) is 0 Å². The Balaban J connectivity index is -0.000000165. The van der Waals surface area contributed by atoms with Crippen molar-refractivity contribution in [2.75, 3.05) is 46.2 Å². The first-order valence-corrected chi connectivity index (χ1v) is 23.3. The van der Waals surface area contributed by atoms with Gasteiger partial charge >= 0.3 is 0 Å². The van der Waals surface area contributed by atoms with Gasteiger partial charge in [0, 0.05) is 0 Å². The fourth-order valence-electron chi connectivity index (χ4n) is 4.33. The van der Waals surface area contributed by atoms with Crippen molar-refractivity contribution in [3.63, 3.8) is 0 Å². The van der Waals surface area contributed by atoms with Gasteiger partial charge in [0.1, 0.15) is 171 Å². The molecule has 0 aromatic heterocycles. The molecule has 0 heterocycles. The van der Waals surface area contributed by atoms with Crippen LogP contribution in [0.4, 0.5) is 0 Å². The number of carbonyl (C=O) groups is 7. The quantitative estimate of drug-likeness (QED) is 0.0262. The Kier molecular flexibility index (Phi) is 61.2. The largest absolute Gasteiger partial charge is 0.394 e. The van der Waals surface area contributed by atoms with Crippen molar-refractivity contribution in [2.45, 2.75) is 171 Å². The van der Waals surface area contributed by atoms with Gasteiger partial charge in [0.15, 0.2) is 44.0 Å². The molecule has 42 heteroatoms. The average molecular weight is 1260 g/mol. The number of hydrogen-bond donors (Lipinski definition) is 35. The summed E-state index contributed by atoms with van der Waals surface area (Å²) in [5.41, 5.74) is 0. The van der Waals surface area contributed by atoms with Crippen LogP contribution in [0.2, 0.25) is 0 Å². The van der Waals surface area contributed by atoms with Crippen LogP contribution < -0.4 is 0 Å². The predicted molar refractivity (Wildman–Crippen MR) is 260 cm³/mol. The molecular formula is C42H84O42. The summed E-state index contributed by atoms with van der Waals surface area (Å²) in [6.07, 6.45) is -47.9. The Labute approximate surface area is 473 Å². The SMILES string of the molecule is O=CC(O)C(O)C(O)C(O)CO.O=CC(O)C(O)C(O)C(O)CO.O=CC(O)C(O)C(O)C(O)CO.O=CC(O)C(O)C(O)C(O)CO.O=CC(O)C(O)C(O)C(O)CO.O=CC(O)C(O)C(O)C(O)CO.O=CC(O)C(O)C(O)C(O)CO. The van der Waals surface area contributed by atoms with Crippen molar-refractivity contribution >= 4 is 44.0 Å². The summed E-state index contributed by atoms with van der Waals surface area (Å²) in [4.78, 5) is 69.3. The highest BCUT2D eigenvalue weighted by molar-refractivity contribution is 5.58. The summed E-state index contributed by atoms with van der Waals surface area (Å²) in [6, 6.07) is 0. The molecule has 0 aromatic carbocycles. The van der Waals surface area contributed by atoms with Gasteiger partial charge in [0.25, 0.3) is 0 Å². The first-order valence-electron chi connectivity index (χ1n) is 23.3. The van der Waals surface area contributed by atoms with Crippen molar-refractivity contribution in [3.8, 4) is 0 Å². The summed E-state index contributed by atoms with van der Waals surface area (Å²) >= 11 is 0. The maximum Gasteiger partial charge on any atom is 0.151 e. The maximum atomic E-state index is 9.90. The minimum Gasteiger partial charge on any atom is -0.394 e. The molecule has 0 amide bonds. The van der Waals surface area contributed by atoms with E-state index >= 15 is 0 Å². The Morgan fingerprint density at radius 2 is 0.226 bits per heavy atom. The van der Waals surface area contributed by atoms with Crippen LogP contribution in [-0.4, -0.2) is 440 Å². The molecular weight excluding hydrogens is 1180 g/mol. The molecule has 28 unspecified atom stereocenters. The van der Waals surface area contributed by atoms with Crippen molar-refractivity contribution in [1.29, 1.82) is 0 Å². The van der Waals surface area contributed by atoms with Crippen LogP contribution in [0.25, 0.3) is 0 Å². The highest BCUT2D eigenvalue weighted by Gasteiger charge is 2.34. The van der Waals surface area contributed by atoms with Crippen LogP contribution in [0.5, 0.6) is 0 Å². The summed E-state index contributed by atoms with van der Waals surface area (Å²) in [6.45, 7) is -5.32. The van der Waals surface area contributed by atoms with E-state index in [0.717, 1.165) is 0 Å². The zero-order valence-electron chi connectivity index (χ0n) is 43.7. The molecule has 0 rings (SSSR count). The van der Waals surface area contributed by atoms with Crippen LogP contribution in [0.15, 0.2) is 0 Å². The molecule has 0 aliphatic heterocycles. The van der Waals surface area contributed by atoms with Gasteiger partial charge in [0.2, 0.25) is 0 Å². The molecule has 0 aromatic rings. The molecule has 42 nitrogen and oxygen atoms in total. The molecule has 0 aliphatic carbocycles. The molecule has 0 aliphatic rings. The second kappa shape index (κ2) is 54.7. The monoisotopic (exact) mass is 1260 g/mol. The van der Waals surface area contributed by atoms with Crippen molar-refractivity contribution in [3.05, 3.63) is 0 Å². The summed E-state index contributed by atoms with van der Waals surface area (Å²) in [5.74, 6) is 0.